The third-order valence-electron chi connectivity index (χ3n) is 7.59. The Morgan fingerprint density at radius 1 is 1.09 bits per heavy atom. The molecule has 0 radical (unpaired) electrons. The van der Waals surface area contributed by atoms with Gasteiger partial charge in [0.25, 0.3) is 11.8 Å². The second-order valence-corrected chi connectivity index (χ2v) is 12.1. The molecule has 1 saturated heterocycles. The summed E-state index contributed by atoms with van der Waals surface area (Å²) in [4.78, 5) is 18.5. The van der Waals surface area contributed by atoms with E-state index in [1.165, 1.54) is 4.90 Å². The molecule has 5 rings (SSSR count). The molecule has 2 atom stereocenters. The molecule has 1 aromatic carbocycles. The van der Waals surface area contributed by atoms with Crippen molar-refractivity contribution in [1.82, 2.24) is 15.2 Å². The van der Waals surface area contributed by atoms with Gasteiger partial charge in [-0.15, -0.1) is 10.2 Å². The smallest absolute Gasteiger partial charge is 0.426 e. The topological polar surface area (TPSA) is 103 Å². The number of anilines is 2. The Balaban J connectivity index is 1.70. The zero-order chi connectivity index (χ0) is 33.3. The van der Waals surface area contributed by atoms with E-state index >= 15 is 13.2 Å². The average Bonchev–Trinajstić information content (AvgIpc) is 3.63. The first-order valence-corrected chi connectivity index (χ1v) is 14.7. The minimum Gasteiger partial charge on any atom is -0.444 e. The number of aromatic nitrogens is 3. The maximum atomic E-state index is 15.0. The third kappa shape index (κ3) is 7.13. The molecule has 3 aromatic rings. The van der Waals surface area contributed by atoms with Gasteiger partial charge >= 0.3 is 18.4 Å². The lowest BCUT2D eigenvalue weighted by atomic mass is 9.95. The SMILES string of the molecule is CC(C)(C)OC(=O)Nc1cc(C(F)(F)F)c2nc1-c1nnc(o1)C(OCc1ccccc1)(C(F)(F)F)CC/C=C\C[C@@H]1CCCN21. The summed E-state index contributed by atoms with van der Waals surface area (Å²) in [5.74, 6) is -2.06. The number of allylic oxidation sites excluding steroid dienone is 1. The highest BCUT2D eigenvalue weighted by Crippen LogP contribution is 2.48. The summed E-state index contributed by atoms with van der Waals surface area (Å²) in [5, 5.41) is 9.75. The van der Waals surface area contributed by atoms with Gasteiger partial charge < -0.3 is 18.8 Å². The standard InChI is InChI=1S/C31H33F6N5O4/c1-28(2,3)46-27(43)38-22-17-21(30(32,33)34)24-39-23(22)25-40-41-26(45-25)29(31(35,36)37,44-18-19-11-6-4-7-12-19)15-9-5-8-13-20-14-10-16-42(20)24/h4-8,11-12,17,20H,9-10,13-16,18H2,1-3H3,(H,38,43)/b8-5-/t20-,29?/m1/s1. The van der Waals surface area contributed by atoms with Crippen molar-refractivity contribution in [2.24, 2.45) is 0 Å². The van der Waals surface area contributed by atoms with E-state index in [0.717, 1.165) is 0 Å². The zero-order valence-corrected chi connectivity index (χ0v) is 25.3. The van der Waals surface area contributed by atoms with E-state index in [-0.39, 0.29) is 19.4 Å². The van der Waals surface area contributed by atoms with Crippen LogP contribution in [0.2, 0.25) is 0 Å². The molecule has 46 heavy (non-hydrogen) atoms. The van der Waals surface area contributed by atoms with Crippen LogP contribution in [0.3, 0.4) is 0 Å². The molecule has 4 bridgehead atoms. The van der Waals surface area contributed by atoms with Crippen LogP contribution in [0.4, 0.5) is 42.6 Å². The summed E-state index contributed by atoms with van der Waals surface area (Å²) < 4.78 is 105. The Hall–Kier alpha value is -4.14. The largest absolute Gasteiger partial charge is 0.444 e. The van der Waals surface area contributed by atoms with Gasteiger partial charge in [0.15, 0.2) is 5.69 Å². The zero-order valence-electron chi connectivity index (χ0n) is 25.3. The van der Waals surface area contributed by atoms with Crippen molar-refractivity contribution in [3.05, 3.63) is 65.6 Å². The molecule has 0 aliphatic carbocycles. The van der Waals surface area contributed by atoms with Crippen molar-refractivity contribution in [2.45, 2.75) is 89.1 Å². The Kier molecular flexibility index (Phi) is 9.08. The molecule has 2 aliphatic rings. The number of nitrogens with zero attached hydrogens (tertiary/aromatic N) is 4. The van der Waals surface area contributed by atoms with Crippen molar-refractivity contribution in [1.29, 1.82) is 0 Å². The number of ether oxygens (including phenoxy) is 2. The molecule has 2 aliphatic heterocycles. The number of rotatable bonds is 4. The quantitative estimate of drug-likeness (QED) is 0.222. The highest BCUT2D eigenvalue weighted by Gasteiger charge is 2.61. The first-order chi connectivity index (χ1) is 21.6. The van der Waals surface area contributed by atoms with Crippen LogP contribution >= 0.6 is 0 Å². The minimum atomic E-state index is -5.05. The maximum Gasteiger partial charge on any atom is 0.426 e. The number of halogens is 6. The summed E-state index contributed by atoms with van der Waals surface area (Å²) >= 11 is 0. The lowest BCUT2D eigenvalue weighted by Gasteiger charge is -2.32. The van der Waals surface area contributed by atoms with Gasteiger partial charge in [-0.3, -0.25) is 5.32 Å². The molecule has 9 nitrogen and oxygen atoms in total. The number of fused-ring (bicyclic) bond motifs is 7. The second-order valence-electron chi connectivity index (χ2n) is 12.1. The summed E-state index contributed by atoms with van der Waals surface area (Å²) in [6.07, 6.45) is -7.23. The molecule has 2 aromatic heterocycles. The molecule has 1 fully saturated rings. The van der Waals surface area contributed by atoms with Gasteiger partial charge in [0.05, 0.1) is 12.3 Å². The van der Waals surface area contributed by atoms with Crippen LogP contribution in [0.25, 0.3) is 11.6 Å². The first-order valence-electron chi connectivity index (χ1n) is 14.7. The molecule has 1 unspecified atom stereocenters. The molecular weight excluding hydrogens is 620 g/mol. The Bertz CT molecular complexity index is 1570. The maximum absolute atomic E-state index is 15.0. The number of pyridine rings is 1. The van der Waals surface area contributed by atoms with E-state index in [1.54, 1.807) is 63.3 Å². The summed E-state index contributed by atoms with van der Waals surface area (Å²) in [5.41, 5.74) is -5.78. The van der Waals surface area contributed by atoms with E-state index < -0.39 is 83.3 Å². The van der Waals surface area contributed by atoms with Gasteiger partial charge in [0.2, 0.25) is 5.60 Å². The van der Waals surface area contributed by atoms with E-state index in [0.29, 0.717) is 24.5 Å². The Labute approximate surface area is 261 Å². The second kappa shape index (κ2) is 12.6. The highest BCUT2D eigenvalue weighted by atomic mass is 19.4. The first kappa shape index (κ1) is 33.2. The summed E-state index contributed by atoms with van der Waals surface area (Å²) in [6.45, 7) is 4.47. The van der Waals surface area contributed by atoms with Gasteiger partial charge in [0, 0.05) is 12.6 Å². The third-order valence-corrected chi connectivity index (χ3v) is 7.59. The van der Waals surface area contributed by atoms with Crippen LogP contribution in [0, 0.1) is 0 Å². The van der Waals surface area contributed by atoms with Crippen molar-refractivity contribution in [2.75, 3.05) is 16.8 Å². The van der Waals surface area contributed by atoms with Gasteiger partial charge in [-0.05, 0) is 64.5 Å². The lowest BCUT2D eigenvalue weighted by molar-refractivity contribution is -0.299. The van der Waals surface area contributed by atoms with Crippen LogP contribution in [-0.2, 0) is 27.9 Å². The van der Waals surface area contributed by atoms with Crippen LogP contribution in [0.5, 0.6) is 0 Å². The molecule has 0 saturated carbocycles. The minimum absolute atomic E-state index is 0.110. The average molecular weight is 654 g/mol. The molecule has 248 valence electrons. The van der Waals surface area contributed by atoms with Gasteiger partial charge in [-0.1, -0.05) is 42.5 Å². The Morgan fingerprint density at radius 2 is 1.83 bits per heavy atom. The summed E-state index contributed by atoms with van der Waals surface area (Å²) in [7, 11) is 0. The van der Waals surface area contributed by atoms with Crippen molar-refractivity contribution in [3.63, 3.8) is 0 Å². The Morgan fingerprint density at radius 3 is 2.50 bits per heavy atom. The number of amides is 1. The molecular formula is C31H33F6N5O4. The van der Waals surface area contributed by atoms with Crippen molar-refractivity contribution >= 4 is 17.6 Å². The monoisotopic (exact) mass is 653 g/mol. The number of alkyl halides is 6. The van der Waals surface area contributed by atoms with Crippen LogP contribution < -0.4 is 10.2 Å². The molecule has 15 heteroatoms. The van der Waals surface area contributed by atoms with Gasteiger partial charge in [0.1, 0.15) is 17.0 Å². The predicted molar refractivity (Wildman–Crippen MR) is 155 cm³/mol. The number of hydrogen-bond acceptors (Lipinski definition) is 8. The molecule has 1 N–H and O–H groups in total. The molecule has 1 amide bonds. The lowest BCUT2D eigenvalue weighted by Crippen LogP contribution is -2.45. The number of benzene rings is 1. The summed E-state index contributed by atoms with van der Waals surface area (Å²) in [6, 6.07) is 8.46. The number of carbonyl (C=O) groups is 1. The fraction of sp³-hybridized carbons (Fsp3) is 0.484. The molecule has 0 spiro atoms. The number of nitrogens with one attached hydrogen (secondary N) is 1. The van der Waals surface area contributed by atoms with Crippen molar-refractivity contribution in [3.8, 4) is 11.6 Å². The van der Waals surface area contributed by atoms with Crippen LogP contribution in [-0.4, -0.2) is 45.6 Å². The van der Waals surface area contributed by atoms with E-state index in [1.807, 2.05) is 0 Å². The van der Waals surface area contributed by atoms with Crippen LogP contribution in [0.1, 0.15) is 69.9 Å². The number of hydrogen-bond donors (Lipinski definition) is 1. The normalized spacial score (nSPS) is 21.3. The highest BCUT2D eigenvalue weighted by molar-refractivity contribution is 5.90. The number of carbonyl (C=O) groups excluding carboxylic acids is 1. The van der Waals surface area contributed by atoms with E-state index in [9.17, 15) is 18.0 Å². The van der Waals surface area contributed by atoms with E-state index in [4.69, 9.17) is 13.9 Å². The fourth-order valence-corrected chi connectivity index (χ4v) is 5.47. The van der Waals surface area contributed by atoms with Crippen LogP contribution in [0.15, 0.2) is 53.0 Å². The molecule has 4 heterocycles. The van der Waals surface area contributed by atoms with Crippen molar-refractivity contribution < 1.29 is 45.0 Å². The predicted octanol–water partition coefficient (Wildman–Crippen LogP) is 8.18. The van der Waals surface area contributed by atoms with Gasteiger partial charge in [-0.25, -0.2) is 9.78 Å². The van der Waals surface area contributed by atoms with Gasteiger partial charge in [-0.2, -0.15) is 26.3 Å². The van der Waals surface area contributed by atoms with E-state index in [2.05, 4.69) is 20.5 Å². The fourth-order valence-electron chi connectivity index (χ4n) is 5.47.